The van der Waals surface area contributed by atoms with E-state index >= 15 is 0 Å². The summed E-state index contributed by atoms with van der Waals surface area (Å²) >= 11 is 6.20. The Morgan fingerprint density at radius 2 is 2.10 bits per heavy atom. The number of rotatable bonds is 10. The Morgan fingerprint density at radius 1 is 1.31 bits per heavy atom. The van der Waals surface area contributed by atoms with Gasteiger partial charge in [-0.2, -0.15) is 0 Å². The first kappa shape index (κ1) is 26.3. The molecule has 1 aliphatic rings. The van der Waals surface area contributed by atoms with Gasteiger partial charge in [-0.1, -0.05) is 31.0 Å². The minimum atomic E-state index is 0. The maximum atomic E-state index is 9.24. The molecule has 1 heterocycles. The van der Waals surface area contributed by atoms with Gasteiger partial charge in [0.05, 0.1) is 0 Å². The third kappa shape index (κ3) is 8.89. The first-order valence-corrected chi connectivity index (χ1v) is 11.1. The van der Waals surface area contributed by atoms with Crippen LogP contribution in [0.4, 0.5) is 5.69 Å². The molecule has 0 bridgehead atoms. The Morgan fingerprint density at radius 3 is 2.79 bits per heavy atom. The molecule has 1 aliphatic heterocycles. The molecule has 29 heavy (non-hydrogen) atoms. The van der Waals surface area contributed by atoms with Crippen molar-refractivity contribution >= 4 is 47.2 Å². The van der Waals surface area contributed by atoms with Gasteiger partial charge in [-0.05, 0) is 62.6 Å². The Labute approximate surface area is 198 Å². The maximum absolute atomic E-state index is 9.24. The molecule has 3 N–H and O–H groups in total. The SMILES string of the molecule is CCCC(CCO)CN=C(NCC)NCC1CCN(c2cc(Cl)ccc2C)C1.I. The average molecular weight is 537 g/mol. The van der Waals surface area contributed by atoms with Crippen molar-refractivity contribution < 1.29 is 5.11 Å². The second-order valence-electron chi connectivity index (χ2n) is 7.80. The van der Waals surface area contributed by atoms with Gasteiger partial charge in [0, 0.05) is 50.0 Å². The topological polar surface area (TPSA) is 59.9 Å². The monoisotopic (exact) mass is 536 g/mol. The number of hydrogen-bond donors (Lipinski definition) is 3. The van der Waals surface area contributed by atoms with E-state index in [1.165, 1.54) is 17.7 Å². The van der Waals surface area contributed by atoms with Crippen LogP contribution in [0.5, 0.6) is 0 Å². The van der Waals surface area contributed by atoms with Gasteiger partial charge >= 0.3 is 0 Å². The lowest BCUT2D eigenvalue weighted by Gasteiger charge is -2.22. The molecule has 1 saturated heterocycles. The van der Waals surface area contributed by atoms with E-state index < -0.39 is 0 Å². The van der Waals surface area contributed by atoms with Crippen LogP contribution in [0.15, 0.2) is 23.2 Å². The van der Waals surface area contributed by atoms with Gasteiger partial charge in [-0.25, -0.2) is 0 Å². The fraction of sp³-hybridized carbons (Fsp3) is 0.682. The summed E-state index contributed by atoms with van der Waals surface area (Å²) in [6.45, 7) is 11.3. The van der Waals surface area contributed by atoms with Crippen molar-refractivity contribution in [2.45, 2.75) is 46.5 Å². The molecule has 0 aromatic heterocycles. The van der Waals surface area contributed by atoms with Crippen LogP contribution in [0, 0.1) is 18.8 Å². The number of aliphatic imine (C=N–C) groups is 1. The molecule has 0 saturated carbocycles. The van der Waals surface area contributed by atoms with Crippen molar-refractivity contribution in [2.24, 2.45) is 16.8 Å². The van der Waals surface area contributed by atoms with Gasteiger partial charge in [0.25, 0.3) is 0 Å². The summed E-state index contributed by atoms with van der Waals surface area (Å²) in [4.78, 5) is 7.21. The Kier molecular flexibility index (Phi) is 13.0. The predicted octanol–water partition coefficient (Wildman–Crippen LogP) is 4.45. The van der Waals surface area contributed by atoms with Gasteiger partial charge in [0.2, 0.25) is 0 Å². The summed E-state index contributed by atoms with van der Waals surface area (Å²) in [5, 5.41) is 16.9. The Balaban J connectivity index is 0.00000420. The van der Waals surface area contributed by atoms with E-state index in [1.807, 2.05) is 6.07 Å². The number of benzene rings is 1. The van der Waals surface area contributed by atoms with E-state index in [9.17, 15) is 5.11 Å². The smallest absolute Gasteiger partial charge is 0.191 e. The van der Waals surface area contributed by atoms with Crippen LogP contribution < -0.4 is 15.5 Å². The second kappa shape index (κ2) is 14.3. The first-order chi connectivity index (χ1) is 13.6. The number of nitrogens with zero attached hydrogens (tertiary/aromatic N) is 2. The number of nitrogens with one attached hydrogen (secondary N) is 2. The molecule has 2 unspecified atom stereocenters. The van der Waals surface area contributed by atoms with Crippen LogP contribution >= 0.6 is 35.6 Å². The van der Waals surface area contributed by atoms with Gasteiger partial charge < -0.3 is 20.6 Å². The molecule has 2 rings (SSSR count). The molecule has 2 atom stereocenters. The van der Waals surface area contributed by atoms with Crippen LogP contribution in [0.2, 0.25) is 5.02 Å². The van der Waals surface area contributed by atoms with Gasteiger partial charge in [0.1, 0.15) is 0 Å². The highest BCUT2D eigenvalue weighted by Gasteiger charge is 2.24. The summed E-state index contributed by atoms with van der Waals surface area (Å²) in [6, 6.07) is 6.13. The van der Waals surface area contributed by atoms with E-state index in [1.54, 1.807) is 0 Å². The molecular formula is C22H38ClIN4O. The van der Waals surface area contributed by atoms with Gasteiger partial charge in [-0.15, -0.1) is 24.0 Å². The van der Waals surface area contributed by atoms with Crippen molar-refractivity contribution in [2.75, 3.05) is 44.2 Å². The highest BCUT2D eigenvalue weighted by atomic mass is 127. The normalized spacial score (nSPS) is 17.8. The molecule has 1 aromatic rings. The lowest BCUT2D eigenvalue weighted by molar-refractivity contribution is 0.253. The van der Waals surface area contributed by atoms with E-state index in [-0.39, 0.29) is 30.6 Å². The molecule has 5 nitrogen and oxygen atoms in total. The van der Waals surface area contributed by atoms with Crippen molar-refractivity contribution in [1.82, 2.24) is 10.6 Å². The van der Waals surface area contributed by atoms with Crippen LogP contribution in [-0.2, 0) is 0 Å². The number of halogens is 2. The summed E-state index contributed by atoms with van der Waals surface area (Å²) in [7, 11) is 0. The third-order valence-electron chi connectivity index (χ3n) is 5.44. The lowest BCUT2D eigenvalue weighted by Crippen LogP contribution is -2.40. The largest absolute Gasteiger partial charge is 0.396 e. The fourth-order valence-corrected chi connectivity index (χ4v) is 4.03. The Bertz CT molecular complexity index is 623. The third-order valence-corrected chi connectivity index (χ3v) is 5.68. The molecule has 0 amide bonds. The quantitative estimate of drug-likeness (QED) is 0.235. The summed E-state index contributed by atoms with van der Waals surface area (Å²) < 4.78 is 0. The molecule has 1 aromatic carbocycles. The summed E-state index contributed by atoms with van der Waals surface area (Å²) in [6.07, 6.45) is 4.24. The molecular weight excluding hydrogens is 499 g/mol. The van der Waals surface area contributed by atoms with Crippen molar-refractivity contribution in [3.05, 3.63) is 28.8 Å². The first-order valence-electron chi connectivity index (χ1n) is 10.7. The number of hydrogen-bond acceptors (Lipinski definition) is 3. The minimum absolute atomic E-state index is 0. The highest BCUT2D eigenvalue weighted by Crippen LogP contribution is 2.29. The van der Waals surface area contributed by atoms with Gasteiger partial charge in [-0.3, -0.25) is 4.99 Å². The molecule has 1 fully saturated rings. The Hall–Kier alpha value is -0.730. The van der Waals surface area contributed by atoms with Gasteiger partial charge in [0.15, 0.2) is 5.96 Å². The summed E-state index contributed by atoms with van der Waals surface area (Å²) in [5.41, 5.74) is 2.53. The van der Waals surface area contributed by atoms with Crippen LogP contribution in [-0.4, -0.2) is 50.4 Å². The van der Waals surface area contributed by atoms with E-state index in [2.05, 4.69) is 48.4 Å². The number of aliphatic hydroxyl groups is 1. The maximum Gasteiger partial charge on any atom is 0.191 e. The number of anilines is 1. The molecule has 0 radical (unpaired) electrons. The van der Waals surface area contributed by atoms with Crippen LogP contribution in [0.3, 0.4) is 0 Å². The van der Waals surface area contributed by atoms with E-state index in [4.69, 9.17) is 16.6 Å². The van der Waals surface area contributed by atoms with Crippen LogP contribution in [0.1, 0.15) is 45.1 Å². The molecule has 0 aliphatic carbocycles. The lowest BCUT2D eigenvalue weighted by atomic mass is 10.0. The molecule has 7 heteroatoms. The van der Waals surface area contributed by atoms with Crippen LogP contribution in [0.25, 0.3) is 0 Å². The average Bonchev–Trinajstić information content (AvgIpc) is 3.15. The van der Waals surface area contributed by atoms with E-state index in [0.717, 1.165) is 63.0 Å². The number of guanidine groups is 1. The standard InChI is InChI=1S/C22H37ClN4O.HI/c1-4-6-18(10-12-28)14-25-22(24-5-2)26-15-19-9-11-27(16-19)21-13-20(23)8-7-17(21)3;/h7-8,13,18-19,28H,4-6,9-12,14-16H2,1-3H3,(H2,24,25,26);1H. The zero-order valence-electron chi connectivity index (χ0n) is 18.1. The highest BCUT2D eigenvalue weighted by molar-refractivity contribution is 14.0. The second-order valence-corrected chi connectivity index (χ2v) is 8.24. The summed E-state index contributed by atoms with van der Waals surface area (Å²) in [5.74, 6) is 1.93. The number of aliphatic hydroxyl groups excluding tert-OH is 1. The minimum Gasteiger partial charge on any atom is -0.396 e. The van der Waals surface area contributed by atoms with E-state index in [0.29, 0.717) is 11.8 Å². The fourth-order valence-electron chi connectivity index (χ4n) is 3.86. The zero-order valence-corrected chi connectivity index (χ0v) is 21.2. The molecule has 0 spiro atoms. The zero-order chi connectivity index (χ0) is 20.4. The number of aryl methyl sites for hydroxylation is 1. The predicted molar refractivity (Wildman–Crippen MR) is 136 cm³/mol. The molecule has 166 valence electrons. The van der Waals surface area contributed by atoms with Crippen molar-refractivity contribution in [3.8, 4) is 0 Å². The van der Waals surface area contributed by atoms with Crippen molar-refractivity contribution in [1.29, 1.82) is 0 Å². The van der Waals surface area contributed by atoms with Crippen molar-refractivity contribution in [3.63, 3.8) is 0 Å².